The molecule has 1 atom stereocenters. The smallest absolute Gasteiger partial charge is 0.391 e. The maximum atomic E-state index is 12.6. The van der Waals surface area contributed by atoms with Gasteiger partial charge >= 0.3 is 12.2 Å². The second-order valence-electron chi connectivity index (χ2n) is 5.26. The highest BCUT2D eigenvalue weighted by molar-refractivity contribution is 5.89. The fourth-order valence-corrected chi connectivity index (χ4v) is 2.12. The topological polar surface area (TPSA) is 61.4 Å². The summed E-state index contributed by atoms with van der Waals surface area (Å²) in [5, 5.41) is 14.6. The normalized spacial score (nSPS) is 12.5. The number of amides is 2. The van der Waals surface area contributed by atoms with Crippen LogP contribution in [0.15, 0.2) is 54.6 Å². The molecule has 0 fully saturated rings. The summed E-state index contributed by atoms with van der Waals surface area (Å²) in [6.45, 7) is -0.0142. The Kier molecular flexibility index (Phi) is 5.81. The lowest BCUT2D eigenvalue weighted by molar-refractivity contribution is -0.137. The number of hydrogen-bond acceptors (Lipinski definition) is 2. The van der Waals surface area contributed by atoms with Gasteiger partial charge in [0.05, 0.1) is 11.7 Å². The van der Waals surface area contributed by atoms with Crippen LogP contribution in [0.3, 0.4) is 0 Å². The predicted octanol–water partition coefficient (Wildman–Crippen LogP) is 3.43. The molecule has 0 saturated carbocycles. The molecular formula is C17H17F3N2O2. The lowest BCUT2D eigenvalue weighted by Gasteiger charge is -2.13. The fourth-order valence-electron chi connectivity index (χ4n) is 2.12. The van der Waals surface area contributed by atoms with E-state index >= 15 is 0 Å². The highest BCUT2D eigenvalue weighted by atomic mass is 19.4. The Morgan fingerprint density at radius 1 is 1.08 bits per heavy atom. The second-order valence-corrected chi connectivity index (χ2v) is 5.26. The molecule has 2 aromatic carbocycles. The first-order valence-corrected chi connectivity index (χ1v) is 7.28. The van der Waals surface area contributed by atoms with Gasteiger partial charge in [0.25, 0.3) is 0 Å². The van der Waals surface area contributed by atoms with Crippen LogP contribution in [0, 0.1) is 0 Å². The van der Waals surface area contributed by atoms with Crippen LogP contribution in [0.2, 0.25) is 0 Å². The average molecular weight is 338 g/mol. The lowest BCUT2D eigenvalue weighted by Crippen LogP contribution is -2.36. The summed E-state index contributed by atoms with van der Waals surface area (Å²) in [6.07, 6.45) is -4.90. The SMILES string of the molecule is O=C(NC[C@@H](O)Cc1ccccc1)Nc1cccc(C(F)(F)F)c1. The molecule has 0 bridgehead atoms. The van der Waals surface area contributed by atoms with E-state index in [1.54, 1.807) is 0 Å². The number of carbonyl (C=O) groups excluding carboxylic acids is 1. The summed E-state index contributed by atoms with van der Waals surface area (Å²) >= 11 is 0. The molecule has 0 saturated heterocycles. The molecule has 0 aliphatic heterocycles. The van der Waals surface area contributed by atoms with Gasteiger partial charge in [0, 0.05) is 18.7 Å². The van der Waals surface area contributed by atoms with Crippen LogP contribution >= 0.6 is 0 Å². The number of aliphatic hydroxyl groups excluding tert-OH is 1. The Morgan fingerprint density at radius 3 is 2.46 bits per heavy atom. The first kappa shape index (κ1) is 17.8. The number of anilines is 1. The molecule has 0 heterocycles. The third-order valence-electron chi connectivity index (χ3n) is 3.26. The van der Waals surface area contributed by atoms with Crippen LogP contribution in [-0.2, 0) is 12.6 Å². The minimum absolute atomic E-state index is 0.0142. The number of rotatable bonds is 5. The van der Waals surface area contributed by atoms with Crippen LogP contribution in [0.5, 0.6) is 0 Å². The quantitative estimate of drug-likeness (QED) is 0.782. The fraction of sp³-hybridized carbons (Fsp3) is 0.235. The molecule has 0 aliphatic carbocycles. The summed E-state index contributed by atoms with van der Waals surface area (Å²) in [4.78, 5) is 11.7. The molecule has 24 heavy (non-hydrogen) atoms. The minimum atomic E-state index is -4.47. The maximum Gasteiger partial charge on any atom is 0.416 e. The summed E-state index contributed by atoms with van der Waals surface area (Å²) in [7, 11) is 0. The van der Waals surface area contributed by atoms with Crippen molar-refractivity contribution in [2.45, 2.75) is 18.7 Å². The van der Waals surface area contributed by atoms with Crippen LogP contribution in [-0.4, -0.2) is 23.8 Å². The molecule has 0 unspecified atom stereocenters. The number of hydrogen-bond donors (Lipinski definition) is 3. The molecule has 2 aromatic rings. The standard InChI is InChI=1S/C17H17F3N2O2/c18-17(19,20)13-7-4-8-14(10-13)22-16(24)21-11-15(23)9-12-5-2-1-3-6-12/h1-8,10,15,23H,9,11H2,(H2,21,22,24)/t15-/m0/s1. The van der Waals surface area contributed by atoms with Gasteiger partial charge in [-0.3, -0.25) is 0 Å². The van der Waals surface area contributed by atoms with Gasteiger partial charge in [-0.25, -0.2) is 4.79 Å². The number of benzene rings is 2. The first-order valence-electron chi connectivity index (χ1n) is 7.28. The van der Waals surface area contributed by atoms with E-state index in [-0.39, 0.29) is 12.2 Å². The van der Waals surface area contributed by atoms with E-state index in [2.05, 4.69) is 10.6 Å². The Hall–Kier alpha value is -2.54. The number of carbonyl (C=O) groups is 1. The van der Waals surface area contributed by atoms with Crippen molar-refractivity contribution in [3.63, 3.8) is 0 Å². The van der Waals surface area contributed by atoms with Gasteiger partial charge in [-0.1, -0.05) is 36.4 Å². The van der Waals surface area contributed by atoms with Gasteiger partial charge in [0.2, 0.25) is 0 Å². The molecule has 4 nitrogen and oxygen atoms in total. The summed E-state index contributed by atoms with van der Waals surface area (Å²) < 4.78 is 37.8. The minimum Gasteiger partial charge on any atom is -0.391 e. The number of aliphatic hydroxyl groups is 1. The third kappa shape index (κ3) is 5.58. The Bertz CT molecular complexity index is 675. The van der Waals surface area contributed by atoms with E-state index in [0.717, 1.165) is 17.7 Å². The van der Waals surface area contributed by atoms with E-state index in [9.17, 15) is 23.1 Å². The predicted molar refractivity (Wildman–Crippen MR) is 84.6 cm³/mol. The van der Waals surface area contributed by atoms with Gasteiger partial charge < -0.3 is 15.7 Å². The zero-order valence-electron chi connectivity index (χ0n) is 12.7. The molecular weight excluding hydrogens is 321 g/mol. The number of halogens is 3. The van der Waals surface area contributed by atoms with Gasteiger partial charge in [-0.2, -0.15) is 13.2 Å². The van der Waals surface area contributed by atoms with Crippen molar-refractivity contribution in [2.24, 2.45) is 0 Å². The third-order valence-corrected chi connectivity index (χ3v) is 3.26. The number of alkyl halides is 3. The number of urea groups is 1. The summed E-state index contributed by atoms with van der Waals surface area (Å²) in [5.41, 5.74) is 0.106. The highest BCUT2D eigenvalue weighted by Gasteiger charge is 2.30. The van der Waals surface area contributed by atoms with Crippen LogP contribution in [0.4, 0.5) is 23.7 Å². The largest absolute Gasteiger partial charge is 0.416 e. The Labute approximate surface area is 137 Å². The highest BCUT2D eigenvalue weighted by Crippen LogP contribution is 2.30. The lowest BCUT2D eigenvalue weighted by atomic mass is 10.1. The molecule has 0 aromatic heterocycles. The van der Waals surface area contributed by atoms with Crippen molar-refractivity contribution in [3.8, 4) is 0 Å². The summed E-state index contributed by atoms with van der Waals surface area (Å²) in [5.74, 6) is 0. The average Bonchev–Trinajstić information content (AvgIpc) is 2.53. The van der Waals surface area contributed by atoms with Crippen molar-refractivity contribution in [1.82, 2.24) is 5.32 Å². The molecule has 2 amide bonds. The summed E-state index contributed by atoms with van der Waals surface area (Å²) in [6, 6.07) is 12.9. The maximum absolute atomic E-state index is 12.6. The zero-order valence-corrected chi connectivity index (χ0v) is 12.7. The molecule has 0 aliphatic rings. The molecule has 2 rings (SSSR count). The molecule has 0 spiro atoms. The molecule has 128 valence electrons. The van der Waals surface area contributed by atoms with Crippen LogP contribution in [0.25, 0.3) is 0 Å². The van der Waals surface area contributed by atoms with Crippen molar-refractivity contribution >= 4 is 11.7 Å². The van der Waals surface area contributed by atoms with Crippen molar-refractivity contribution in [1.29, 1.82) is 0 Å². The Morgan fingerprint density at radius 2 is 1.79 bits per heavy atom. The molecule has 0 radical (unpaired) electrons. The molecule has 3 N–H and O–H groups in total. The van der Waals surface area contributed by atoms with Crippen molar-refractivity contribution in [2.75, 3.05) is 11.9 Å². The zero-order chi connectivity index (χ0) is 17.6. The van der Waals surface area contributed by atoms with Crippen molar-refractivity contribution < 1.29 is 23.1 Å². The number of nitrogens with one attached hydrogen (secondary N) is 2. The Balaban J connectivity index is 1.83. The monoisotopic (exact) mass is 338 g/mol. The van der Waals surface area contributed by atoms with E-state index in [1.807, 2.05) is 30.3 Å². The van der Waals surface area contributed by atoms with E-state index < -0.39 is 23.9 Å². The second kappa shape index (κ2) is 7.83. The van der Waals surface area contributed by atoms with E-state index in [0.29, 0.717) is 6.42 Å². The molecule has 7 heteroatoms. The van der Waals surface area contributed by atoms with Crippen molar-refractivity contribution in [3.05, 3.63) is 65.7 Å². The van der Waals surface area contributed by atoms with Gasteiger partial charge in [0.15, 0.2) is 0 Å². The first-order chi connectivity index (χ1) is 11.3. The van der Waals surface area contributed by atoms with Gasteiger partial charge in [-0.15, -0.1) is 0 Å². The van der Waals surface area contributed by atoms with Gasteiger partial charge in [0.1, 0.15) is 0 Å². The van der Waals surface area contributed by atoms with Gasteiger partial charge in [-0.05, 0) is 23.8 Å². The van der Waals surface area contributed by atoms with Crippen LogP contribution < -0.4 is 10.6 Å². The van der Waals surface area contributed by atoms with Crippen LogP contribution in [0.1, 0.15) is 11.1 Å². The van der Waals surface area contributed by atoms with E-state index in [1.165, 1.54) is 12.1 Å². The van der Waals surface area contributed by atoms with E-state index in [4.69, 9.17) is 0 Å².